The predicted octanol–water partition coefficient (Wildman–Crippen LogP) is -3.84. The van der Waals surface area contributed by atoms with Crippen molar-refractivity contribution in [2.24, 2.45) is 0 Å². The molecule has 4 N–H and O–H groups in total. The molecule has 3 aliphatic rings. The standard InChI is InChI=1S/C14H20N4O6/c19-9-1-7(17-3-11(21)15-12(22)4-17)8(2-10(9)20)18-5-13(23)16-14(24)6-18/h7-10,19-20H,1-6H2,(H,15,21,22)(H,16,23,24)/t7-,8-,9-,10+/m0/s1. The van der Waals surface area contributed by atoms with Crippen LogP contribution in [0.5, 0.6) is 0 Å². The Morgan fingerprint density at radius 2 is 0.958 bits per heavy atom. The van der Waals surface area contributed by atoms with Crippen molar-refractivity contribution in [3.8, 4) is 0 Å². The van der Waals surface area contributed by atoms with E-state index in [1.54, 1.807) is 9.80 Å². The van der Waals surface area contributed by atoms with Gasteiger partial charge in [-0.2, -0.15) is 0 Å². The van der Waals surface area contributed by atoms with Crippen LogP contribution < -0.4 is 10.6 Å². The van der Waals surface area contributed by atoms with E-state index in [0.717, 1.165) is 0 Å². The van der Waals surface area contributed by atoms with Crippen molar-refractivity contribution in [1.82, 2.24) is 20.4 Å². The Hall–Kier alpha value is -1.88. The highest BCUT2D eigenvalue weighted by molar-refractivity contribution is 6.00. The Balaban J connectivity index is 1.82. The monoisotopic (exact) mass is 340 g/mol. The van der Waals surface area contributed by atoms with Gasteiger partial charge in [0.1, 0.15) is 0 Å². The molecule has 10 heteroatoms. The van der Waals surface area contributed by atoms with Gasteiger partial charge < -0.3 is 10.2 Å². The summed E-state index contributed by atoms with van der Waals surface area (Å²) in [6.07, 6.45) is -1.67. The lowest BCUT2D eigenvalue weighted by molar-refractivity contribution is -0.146. The van der Waals surface area contributed by atoms with E-state index in [1.807, 2.05) is 0 Å². The van der Waals surface area contributed by atoms with Gasteiger partial charge in [0.2, 0.25) is 23.6 Å². The van der Waals surface area contributed by atoms with Gasteiger partial charge in [-0.15, -0.1) is 0 Å². The van der Waals surface area contributed by atoms with Crippen molar-refractivity contribution < 1.29 is 29.4 Å². The summed E-state index contributed by atoms with van der Waals surface area (Å²) in [6, 6.07) is -0.839. The number of carbonyl (C=O) groups excluding carboxylic acids is 4. The van der Waals surface area contributed by atoms with E-state index in [4.69, 9.17) is 0 Å². The van der Waals surface area contributed by atoms with E-state index in [0.29, 0.717) is 0 Å². The fourth-order valence-corrected chi connectivity index (χ4v) is 3.70. The maximum Gasteiger partial charge on any atom is 0.240 e. The highest BCUT2D eigenvalue weighted by Crippen LogP contribution is 2.29. The first-order chi connectivity index (χ1) is 11.3. The van der Waals surface area contributed by atoms with Crippen molar-refractivity contribution in [3.63, 3.8) is 0 Å². The second-order valence-electron chi connectivity index (χ2n) is 6.49. The number of aliphatic hydroxyl groups excluding tert-OH is 2. The lowest BCUT2D eigenvalue weighted by Gasteiger charge is -2.48. The van der Waals surface area contributed by atoms with Crippen LogP contribution in [-0.4, -0.2) is 94.1 Å². The number of nitrogens with one attached hydrogen (secondary N) is 2. The molecule has 0 aromatic carbocycles. The molecule has 24 heavy (non-hydrogen) atoms. The molecule has 3 rings (SSSR count). The van der Waals surface area contributed by atoms with E-state index in [9.17, 15) is 29.4 Å². The first kappa shape index (κ1) is 17.0. The maximum absolute atomic E-state index is 11.6. The van der Waals surface area contributed by atoms with Crippen molar-refractivity contribution in [3.05, 3.63) is 0 Å². The molecule has 0 spiro atoms. The van der Waals surface area contributed by atoms with Crippen molar-refractivity contribution in [1.29, 1.82) is 0 Å². The first-order valence-electron chi connectivity index (χ1n) is 7.83. The largest absolute Gasteiger partial charge is 0.390 e. The zero-order valence-electron chi connectivity index (χ0n) is 13.0. The van der Waals surface area contributed by atoms with Crippen LogP contribution in [0.2, 0.25) is 0 Å². The summed E-state index contributed by atoms with van der Waals surface area (Å²) in [5.41, 5.74) is 0. The molecular formula is C14H20N4O6. The summed E-state index contributed by atoms with van der Waals surface area (Å²) in [7, 11) is 0. The lowest BCUT2D eigenvalue weighted by Crippen LogP contribution is -2.66. The Labute approximate surface area is 137 Å². The molecule has 3 fully saturated rings. The summed E-state index contributed by atoms with van der Waals surface area (Å²) in [5, 5.41) is 24.4. The molecule has 1 aliphatic carbocycles. The van der Waals surface area contributed by atoms with Crippen molar-refractivity contribution >= 4 is 23.6 Å². The van der Waals surface area contributed by atoms with E-state index >= 15 is 0 Å². The third-order valence-corrected chi connectivity index (χ3v) is 4.74. The SMILES string of the molecule is O=C1CN([C@H]2C[C@@H](O)[C@@H](O)C[C@@H]2N2CC(=O)NC(=O)C2)CC(=O)N1. The van der Waals surface area contributed by atoms with Crippen LogP contribution in [0.3, 0.4) is 0 Å². The van der Waals surface area contributed by atoms with Gasteiger partial charge in [0.15, 0.2) is 0 Å². The number of nitrogens with zero attached hydrogens (tertiary/aromatic N) is 2. The average Bonchev–Trinajstić information content (AvgIpc) is 2.47. The Morgan fingerprint density at radius 1 is 0.667 bits per heavy atom. The second-order valence-corrected chi connectivity index (χ2v) is 6.49. The normalized spacial score (nSPS) is 36.4. The summed E-state index contributed by atoms with van der Waals surface area (Å²) < 4.78 is 0. The minimum Gasteiger partial charge on any atom is -0.390 e. The molecule has 0 bridgehead atoms. The summed E-state index contributed by atoms with van der Waals surface area (Å²) in [6.45, 7) is -0.0409. The third kappa shape index (κ3) is 3.46. The fraction of sp³-hybridized carbons (Fsp3) is 0.714. The van der Waals surface area contributed by atoms with Gasteiger partial charge in [-0.1, -0.05) is 0 Å². The smallest absolute Gasteiger partial charge is 0.240 e. The van der Waals surface area contributed by atoms with E-state index in [-0.39, 0.29) is 39.0 Å². The average molecular weight is 340 g/mol. The molecule has 0 radical (unpaired) electrons. The number of hydrogen-bond donors (Lipinski definition) is 4. The molecule has 132 valence electrons. The van der Waals surface area contributed by atoms with Gasteiger partial charge >= 0.3 is 0 Å². The molecule has 0 aromatic rings. The van der Waals surface area contributed by atoms with Crippen molar-refractivity contribution in [2.45, 2.75) is 37.1 Å². The van der Waals surface area contributed by atoms with Crippen LogP contribution in [0.15, 0.2) is 0 Å². The molecule has 2 heterocycles. The quantitative estimate of drug-likeness (QED) is 0.375. The summed E-state index contributed by atoms with van der Waals surface area (Å²) in [4.78, 5) is 49.8. The molecule has 10 nitrogen and oxygen atoms in total. The number of piperazine rings is 2. The van der Waals surface area contributed by atoms with Gasteiger partial charge in [-0.05, 0) is 12.8 Å². The van der Waals surface area contributed by atoms with Crippen LogP contribution >= 0.6 is 0 Å². The van der Waals surface area contributed by atoms with Gasteiger partial charge in [0.05, 0.1) is 38.4 Å². The van der Waals surface area contributed by atoms with E-state index in [2.05, 4.69) is 10.6 Å². The van der Waals surface area contributed by atoms with Gasteiger partial charge in [0.25, 0.3) is 0 Å². The Morgan fingerprint density at radius 3 is 1.25 bits per heavy atom. The van der Waals surface area contributed by atoms with E-state index < -0.39 is 47.9 Å². The molecule has 0 unspecified atom stereocenters. The minimum absolute atomic E-state index is 0.0102. The number of rotatable bonds is 2. The van der Waals surface area contributed by atoms with Crippen LogP contribution in [0, 0.1) is 0 Å². The van der Waals surface area contributed by atoms with Crippen LogP contribution in [-0.2, 0) is 19.2 Å². The molecular weight excluding hydrogens is 320 g/mol. The number of amides is 4. The fourth-order valence-electron chi connectivity index (χ4n) is 3.70. The van der Waals surface area contributed by atoms with Gasteiger partial charge in [0, 0.05) is 12.1 Å². The van der Waals surface area contributed by atoms with Gasteiger partial charge in [-0.25, -0.2) is 0 Å². The molecule has 2 aliphatic heterocycles. The molecule has 1 saturated carbocycles. The first-order valence-corrected chi connectivity index (χ1v) is 7.83. The van der Waals surface area contributed by atoms with E-state index in [1.165, 1.54) is 0 Å². The third-order valence-electron chi connectivity index (χ3n) is 4.74. The molecule has 4 amide bonds. The van der Waals surface area contributed by atoms with Crippen LogP contribution in [0.1, 0.15) is 12.8 Å². The Kier molecular flexibility index (Phi) is 4.63. The second kappa shape index (κ2) is 6.55. The zero-order chi connectivity index (χ0) is 17.4. The van der Waals surface area contributed by atoms with Crippen LogP contribution in [0.25, 0.3) is 0 Å². The lowest BCUT2D eigenvalue weighted by atomic mass is 9.83. The molecule has 4 atom stereocenters. The zero-order valence-corrected chi connectivity index (χ0v) is 13.0. The highest BCUT2D eigenvalue weighted by Gasteiger charge is 2.44. The maximum atomic E-state index is 11.6. The number of carbonyl (C=O) groups is 4. The number of aliphatic hydroxyl groups is 2. The van der Waals surface area contributed by atoms with Crippen molar-refractivity contribution in [2.75, 3.05) is 26.2 Å². The number of imide groups is 2. The summed E-state index contributed by atoms with van der Waals surface area (Å²) >= 11 is 0. The Bertz CT molecular complexity index is 500. The topological polar surface area (TPSA) is 139 Å². The van der Waals surface area contributed by atoms with Gasteiger partial charge in [-0.3, -0.25) is 39.6 Å². The summed E-state index contributed by atoms with van der Waals surface area (Å²) in [5.74, 6) is -1.73. The minimum atomic E-state index is -0.986. The van der Waals surface area contributed by atoms with Crippen LogP contribution in [0.4, 0.5) is 0 Å². The number of hydrogen-bond acceptors (Lipinski definition) is 8. The highest BCUT2D eigenvalue weighted by atomic mass is 16.3. The molecule has 0 aromatic heterocycles. The predicted molar refractivity (Wildman–Crippen MR) is 78.3 cm³/mol. The molecule has 2 saturated heterocycles.